The van der Waals surface area contributed by atoms with Crippen molar-refractivity contribution in [3.63, 3.8) is 0 Å². The van der Waals surface area contributed by atoms with E-state index in [1.807, 2.05) is 11.3 Å². The topological polar surface area (TPSA) is 16.4 Å². The second-order valence-electron chi connectivity index (χ2n) is 15.2. The van der Waals surface area contributed by atoms with E-state index in [4.69, 9.17) is 4.42 Å². The van der Waals surface area contributed by atoms with Gasteiger partial charge in [-0.25, -0.2) is 0 Å². The fraction of sp³-hybridized carbons (Fsp3) is 0. The molecule has 0 spiro atoms. The average molecular weight is 770 g/mol. The molecule has 0 unspecified atom stereocenters. The lowest BCUT2D eigenvalue weighted by molar-refractivity contribution is 0.674. The largest absolute Gasteiger partial charge is 0.455 e. The Balaban J connectivity index is 0.960. The summed E-state index contributed by atoms with van der Waals surface area (Å²) in [7, 11) is 0. The van der Waals surface area contributed by atoms with E-state index >= 15 is 0 Å². The monoisotopic (exact) mass is 769 g/mol. The van der Waals surface area contributed by atoms with Crippen LogP contribution in [0.1, 0.15) is 0 Å². The van der Waals surface area contributed by atoms with Crippen molar-refractivity contribution in [2.75, 3.05) is 4.90 Å². The second-order valence-corrected chi connectivity index (χ2v) is 16.3. The minimum absolute atomic E-state index is 0.904. The number of hydrogen-bond acceptors (Lipinski definition) is 3. The van der Waals surface area contributed by atoms with Crippen molar-refractivity contribution in [3.8, 4) is 33.4 Å². The first-order chi connectivity index (χ1) is 29.3. The molecule has 12 rings (SSSR count). The maximum absolute atomic E-state index is 6.96. The van der Waals surface area contributed by atoms with Gasteiger partial charge < -0.3 is 9.32 Å². The molecule has 2 nitrogen and oxygen atoms in total. The predicted octanol–water partition coefficient (Wildman–Crippen LogP) is 16.7. The fourth-order valence-electron chi connectivity index (χ4n) is 9.11. The van der Waals surface area contributed by atoms with Crippen molar-refractivity contribution < 1.29 is 4.42 Å². The van der Waals surface area contributed by atoms with E-state index in [-0.39, 0.29) is 0 Å². The number of para-hydroxylation sites is 2. The quantitative estimate of drug-likeness (QED) is 0.167. The zero-order valence-electron chi connectivity index (χ0n) is 32.0. The molecule has 0 atom stereocenters. The van der Waals surface area contributed by atoms with Crippen LogP contribution >= 0.6 is 11.3 Å². The molecule has 0 radical (unpaired) electrons. The first-order valence-electron chi connectivity index (χ1n) is 20.1. The molecule has 0 aliphatic rings. The van der Waals surface area contributed by atoms with E-state index in [0.717, 1.165) is 55.5 Å². The van der Waals surface area contributed by atoms with Crippen LogP contribution in [0.2, 0.25) is 0 Å². The molecule has 3 heteroatoms. The van der Waals surface area contributed by atoms with Gasteiger partial charge in [-0.1, -0.05) is 164 Å². The van der Waals surface area contributed by atoms with Gasteiger partial charge in [-0.15, -0.1) is 11.3 Å². The summed E-state index contributed by atoms with van der Waals surface area (Å²) in [5.41, 5.74) is 12.2. The molecule has 0 aliphatic carbocycles. The zero-order chi connectivity index (χ0) is 38.9. The summed E-state index contributed by atoms with van der Waals surface area (Å²) in [4.78, 5) is 2.32. The minimum Gasteiger partial charge on any atom is -0.455 e. The van der Waals surface area contributed by atoms with E-state index in [1.165, 1.54) is 58.6 Å². The fourth-order valence-corrected chi connectivity index (χ4v) is 10.3. The van der Waals surface area contributed by atoms with Gasteiger partial charge in [0, 0.05) is 64.5 Å². The van der Waals surface area contributed by atoms with Crippen molar-refractivity contribution in [3.05, 3.63) is 212 Å². The summed E-state index contributed by atoms with van der Waals surface area (Å²) in [6.07, 6.45) is 0. The van der Waals surface area contributed by atoms with E-state index in [2.05, 4.69) is 217 Å². The van der Waals surface area contributed by atoms with Gasteiger partial charge in [-0.05, 0) is 86.9 Å². The lowest BCUT2D eigenvalue weighted by Gasteiger charge is -2.26. The van der Waals surface area contributed by atoms with Crippen molar-refractivity contribution in [2.24, 2.45) is 0 Å². The Hall–Kier alpha value is -7.46. The Morgan fingerprint density at radius 3 is 1.63 bits per heavy atom. The molecule has 2 aromatic heterocycles. The number of furan rings is 1. The lowest BCUT2D eigenvalue weighted by atomic mass is 9.94. The van der Waals surface area contributed by atoms with E-state index < -0.39 is 0 Å². The standard InChI is InChI=1S/C56H35NOS/c1-2-15-39(16-3-1)57(40-31-27-37(28-32-40)43-21-10-14-36-13-4-5-17-42(36)43)41-33-29-38(30-34-41)44-22-11-23-48-52-35-51(45-18-6-7-20-47(45)55(52)58-54(44)48)50-25-12-24-49-46-19-8-9-26-53(46)59-56(49)50/h1-35H. The number of hydrogen-bond donors (Lipinski definition) is 0. The average Bonchev–Trinajstić information content (AvgIpc) is 3.89. The van der Waals surface area contributed by atoms with Crippen molar-refractivity contribution in [1.29, 1.82) is 0 Å². The Morgan fingerprint density at radius 2 is 0.847 bits per heavy atom. The number of fused-ring (bicyclic) bond motifs is 9. The number of nitrogens with zero attached hydrogens (tertiary/aromatic N) is 1. The molecule has 0 bridgehead atoms. The molecule has 0 saturated carbocycles. The number of rotatable bonds is 6. The maximum Gasteiger partial charge on any atom is 0.143 e. The van der Waals surface area contributed by atoms with E-state index in [0.29, 0.717) is 0 Å². The molecule has 0 N–H and O–H groups in total. The van der Waals surface area contributed by atoms with Crippen LogP contribution in [0.5, 0.6) is 0 Å². The summed E-state index contributed by atoms with van der Waals surface area (Å²) >= 11 is 1.88. The van der Waals surface area contributed by atoms with Crippen LogP contribution in [-0.4, -0.2) is 0 Å². The highest BCUT2D eigenvalue weighted by Gasteiger charge is 2.20. The summed E-state index contributed by atoms with van der Waals surface area (Å²) in [5, 5.41) is 9.70. The third-order valence-corrected chi connectivity index (χ3v) is 13.1. The summed E-state index contributed by atoms with van der Waals surface area (Å²) < 4.78 is 9.59. The van der Waals surface area contributed by atoms with Crippen LogP contribution in [0, 0.1) is 0 Å². The van der Waals surface area contributed by atoms with E-state index in [9.17, 15) is 0 Å². The van der Waals surface area contributed by atoms with Gasteiger partial charge in [0.25, 0.3) is 0 Å². The highest BCUT2D eigenvalue weighted by Crippen LogP contribution is 2.46. The van der Waals surface area contributed by atoms with Crippen LogP contribution in [0.25, 0.3) is 97.0 Å². The SMILES string of the molecule is c1ccc(N(c2ccc(-c3cccc4ccccc34)cc2)c2ccc(-c3cccc4c3oc3c5ccccc5c(-c5cccc6c5sc5ccccc56)cc43)cc2)cc1. The van der Waals surface area contributed by atoms with Crippen LogP contribution < -0.4 is 4.90 Å². The third kappa shape index (κ3) is 5.47. The van der Waals surface area contributed by atoms with Crippen molar-refractivity contribution in [1.82, 2.24) is 0 Å². The minimum atomic E-state index is 0.904. The summed E-state index contributed by atoms with van der Waals surface area (Å²) in [6.45, 7) is 0. The molecular formula is C56H35NOS. The van der Waals surface area contributed by atoms with Crippen LogP contribution in [0.4, 0.5) is 17.1 Å². The lowest BCUT2D eigenvalue weighted by Crippen LogP contribution is -2.09. The first-order valence-corrected chi connectivity index (χ1v) is 20.9. The molecule has 276 valence electrons. The third-order valence-electron chi connectivity index (χ3n) is 11.9. The molecule has 0 aliphatic heterocycles. The van der Waals surface area contributed by atoms with Gasteiger partial charge in [0.15, 0.2) is 0 Å². The van der Waals surface area contributed by atoms with Gasteiger partial charge >= 0.3 is 0 Å². The molecule has 0 fully saturated rings. The molecule has 59 heavy (non-hydrogen) atoms. The van der Waals surface area contributed by atoms with Crippen molar-refractivity contribution in [2.45, 2.75) is 0 Å². The van der Waals surface area contributed by atoms with Gasteiger partial charge in [-0.3, -0.25) is 0 Å². The molecule has 0 saturated heterocycles. The highest BCUT2D eigenvalue weighted by atomic mass is 32.1. The Bertz CT molecular complexity index is 3540. The van der Waals surface area contributed by atoms with Gasteiger partial charge in [0.2, 0.25) is 0 Å². The first kappa shape index (κ1) is 33.7. The van der Waals surface area contributed by atoms with Crippen LogP contribution in [0.15, 0.2) is 217 Å². The van der Waals surface area contributed by atoms with Crippen LogP contribution in [0.3, 0.4) is 0 Å². The second kappa shape index (κ2) is 13.6. The Kier molecular flexibility index (Phi) is 7.75. The smallest absolute Gasteiger partial charge is 0.143 e. The predicted molar refractivity (Wildman–Crippen MR) is 253 cm³/mol. The normalized spacial score (nSPS) is 11.7. The maximum atomic E-state index is 6.96. The Labute approximate surface area is 345 Å². The number of thiophene rings is 1. The van der Waals surface area contributed by atoms with Crippen LogP contribution in [-0.2, 0) is 0 Å². The zero-order valence-corrected chi connectivity index (χ0v) is 32.8. The highest BCUT2D eigenvalue weighted by molar-refractivity contribution is 7.26. The molecule has 12 aromatic rings. The van der Waals surface area contributed by atoms with Gasteiger partial charge in [0.1, 0.15) is 11.2 Å². The summed E-state index contributed by atoms with van der Waals surface area (Å²) in [6, 6.07) is 76.6. The molecule has 10 aromatic carbocycles. The van der Waals surface area contributed by atoms with E-state index in [1.54, 1.807) is 0 Å². The van der Waals surface area contributed by atoms with Crippen molar-refractivity contribution >= 4 is 92.1 Å². The van der Waals surface area contributed by atoms with Gasteiger partial charge in [0.05, 0.1) is 0 Å². The Morgan fingerprint density at radius 1 is 0.322 bits per heavy atom. The number of anilines is 3. The van der Waals surface area contributed by atoms with Gasteiger partial charge in [-0.2, -0.15) is 0 Å². The number of benzene rings is 10. The molecule has 0 amide bonds. The molecule has 2 heterocycles. The molecular weight excluding hydrogens is 735 g/mol. The summed E-state index contributed by atoms with van der Waals surface area (Å²) in [5.74, 6) is 0.